The van der Waals surface area contributed by atoms with E-state index in [0.29, 0.717) is 9.45 Å². The fourth-order valence-corrected chi connectivity index (χ4v) is 3.73. The summed E-state index contributed by atoms with van der Waals surface area (Å²) < 4.78 is 16.6. The molecule has 0 unspecified atom stereocenters. The van der Waals surface area contributed by atoms with Crippen molar-refractivity contribution in [1.29, 1.82) is 0 Å². The standard InChI is InChI=1S/C15H18ClFIN3/c1-20(2)15(4-3-5-15)9-21-13-6-10(17)11(18)7-12(13)19-14(21)8-16/h6-7H,3-5,8-9H2,1-2H3. The first-order valence-electron chi connectivity index (χ1n) is 7.04. The molecule has 1 aromatic heterocycles. The maximum atomic E-state index is 13.9. The smallest absolute Gasteiger partial charge is 0.138 e. The summed E-state index contributed by atoms with van der Waals surface area (Å²) in [6.07, 6.45) is 3.57. The topological polar surface area (TPSA) is 21.1 Å². The molecule has 1 aromatic carbocycles. The van der Waals surface area contributed by atoms with Crippen LogP contribution in [0.3, 0.4) is 0 Å². The molecule has 3 nitrogen and oxygen atoms in total. The lowest BCUT2D eigenvalue weighted by molar-refractivity contribution is 0.0429. The first kappa shape index (κ1) is 15.5. The Kier molecular flexibility index (Phi) is 4.18. The van der Waals surface area contributed by atoms with Gasteiger partial charge >= 0.3 is 0 Å². The minimum atomic E-state index is -0.196. The van der Waals surface area contributed by atoms with Gasteiger partial charge in [-0.15, -0.1) is 11.6 Å². The Bertz CT molecular complexity index is 679. The van der Waals surface area contributed by atoms with E-state index in [1.807, 2.05) is 22.6 Å². The van der Waals surface area contributed by atoms with Crippen LogP contribution in [0, 0.1) is 9.39 Å². The van der Waals surface area contributed by atoms with E-state index < -0.39 is 0 Å². The van der Waals surface area contributed by atoms with Crippen LogP contribution < -0.4 is 0 Å². The Balaban J connectivity index is 2.10. The quantitative estimate of drug-likeness (QED) is 0.549. The molecule has 1 aliphatic carbocycles. The van der Waals surface area contributed by atoms with Crippen LogP contribution in [0.5, 0.6) is 0 Å². The van der Waals surface area contributed by atoms with Crippen LogP contribution in [0.25, 0.3) is 11.0 Å². The van der Waals surface area contributed by atoms with Crippen molar-refractivity contribution in [3.05, 3.63) is 27.3 Å². The summed E-state index contributed by atoms with van der Waals surface area (Å²) in [6.45, 7) is 0.818. The molecule has 1 heterocycles. The summed E-state index contributed by atoms with van der Waals surface area (Å²) in [4.78, 5) is 6.86. The van der Waals surface area contributed by atoms with E-state index in [9.17, 15) is 4.39 Å². The third kappa shape index (κ3) is 2.57. The lowest BCUT2D eigenvalue weighted by Gasteiger charge is -2.47. The van der Waals surface area contributed by atoms with Gasteiger partial charge in [0.1, 0.15) is 11.6 Å². The zero-order chi connectivity index (χ0) is 15.2. The van der Waals surface area contributed by atoms with Gasteiger partial charge in [0.05, 0.1) is 20.5 Å². The van der Waals surface area contributed by atoms with E-state index >= 15 is 0 Å². The van der Waals surface area contributed by atoms with E-state index in [2.05, 4.69) is 28.5 Å². The number of rotatable bonds is 4. The van der Waals surface area contributed by atoms with Crippen molar-refractivity contribution >= 4 is 45.2 Å². The molecule has 1 aliphatic rings. The van der Waals surface area contributed by atoms with Gasteiger partial charge < -0.3 is 9.47 Å². The molecule has 1 fully saturated rings. The molecule has 114 valence electrons. The van der Waals surface area contributed by atoms with E-state index in [1.165, 1.54) is 6.42 Å². The van der Waals surface area contributed by atoms with Gasteiger partial charge in [0, 0.05) is 18.2 Å². The Labute approximate surface area is 142 Å². The van der Waals surface area contributed by atoms with Gasteiger partial charge in [-0.1, -0.05) is 0 Å². The minimum Gasteiger partial charge on any atom is -0.325 e. The number of aromatic nitrogens is 2. The molecular weight excluding hydrogens is 404 g/mol. The lowest BCUT2D eigenvalue weighted by atomic mass is 9.75. The van der Waals surface area contributed by atoms with Crippen LogP contribution in [0.1, 0.15) is 25.1 Å². The summed E-state index contributed by atoms with van der Waals surface area (Å²) in [5.74, 6) is 0.968. The Morgan fingerprint density at radius 2 is 2.14 bits per heavy atom. The van der Waals surface area contributed by atoms with Crippen LogP contribution in [0.15, 0.2) is 12.1 Å². The molecule has 3 rings (SSSR count). The minimum absolute atomic E-state index is 0.147. The Morgan fingerprint density at radius 3 is 2.67 bits per heavy atom. The molecule has 0 amide bonds. The second kappa shape index (κ2) is 5.66. The van der Waals surface area contributed by atoms with Crippen molar-refractivity contribution < 1.29 is 4.39 Å². The molecule has 6 heteroatoms. The highest BCUT2D eigenvalue weighted by atomic mass is 127. The Morgan fingerprint density at radius 1 is 1.43 bits per heavy atom. The number of halogens is 3. The molecule has 1 saturated carbocycles. The van der Waals surface area contributed by atoms with Gasteiger partial charge in [-0.2, -0.15) is 0 Å². The normalized spacial score (nSPS) is 17.4. The second-order valence-corrected chi connectivity index (χ2v) is 7.40. The fourth-order valence-electron chi connectivity index (χ4n) is 3.07. The molecule has 0 N–H and O–H groups in total. The van der Waals surface area contributed by atoms with E-state index in [1.54, 1.807) is 12.1 Å². The zero-order valence-corrected chi connectivity index (χ0v) is 15.1. The first-order valence-corrected chi connectivity index (χ1v) is 8.66. The van der Waals surface area contributed by atoms with E-state index in [4.69, 9.17) is 11.6 Å². The molecule has 0 aliphatic heterocycles. The monoisotopic (exact) mass is 421 g/mol. The maximum absolute atomic E-state index is 13.9. The SMILES string of the molecule is CN(C)C1(Cn2c(CCl)nc3cc(I)c(F)cc32)CCC1. The highest BCUT2D eigenvalue weighted by Gasteiger charge is 2.40. The maximum Gasteiger partial charge on any atom is 0.138 e. The number of imidazole rings is 1. The molecule has 0 atom stereocenters. The van der Waals surface area contributed by atoms with E-state index in [0.717, 1.165) is 36.2 Å². The summed E-state index contributed by atoms with van der Waals surface area (Å²) in [7, 11) is 4.23. The highest BCUT2D eigenvalue weighted by molar-refractivity contribution is 14.1. The summed E-state index contributed by atoms with van der Waals surface area (Å²) >= 11 is 8.06. The van der Waals surface area contributed by atoms with Crippen LogP contribution in [0.2, 0.25) is 0 Å². The number of benzene rings is 1. The molecule has 0 saturated heterocycles. The summed E-state index contributed by atoms with van der Waals surface area (Å²) in [6, 6.07) is 3.38. The summed E-state index contributed by atoms with van der Waals surface area (Å²) in [5.41, 5.74) is 1.81. The third-order valence-electron chi connectivity index (χ3n) is 4.67. The van der Waals surface area contributed by atoms with Gasteiger partial charge in [0.25, 0.3) is 0 Å². The predicted molar refractivity (Wildman–Crippen MR) is 92.2 cm³/mol. The number of likely N-dealkylation sites (N-methyl/N-ethyl adjacent to an activating group) is 1. The molecule has 2 aromatic rings. The van der Waals surface area contributed by atoms with Gasteiger partial charge in [-0.3, -0.25) is 0 Å². The van der Waals surface area contributed by atoms with Crippen LogP contribution in [0.4, 0.5) is 4.39 Å². The lowest BCUT2D eigenvalue weighted by Crippen LogP contribution is -2.53. The van der Waals surface area contributed by atoms with Gasteiger partial charge in [0.2, 0.25) is 0 Å². The summed E-state index contributed by atoms with van der Waals surface area (Å²) in [5, 5.41) is 0. The van der Waals surface area contributed by atoms with Crippen molar-refractivity contribution in [1.82, 2.24) is 14.5 Å². The van der Waals surface area contributed by atoms with Crippen LogP contribution in [-0.4, -0.2) is 34.1 Å². The van der Waals surface area contributed by atoms with E-state index in [-0.39, 0.29) is 11.4 Å². The number of nitrogens with zero attached hydrogens (tertiary/aromatic N) is 3. The van der Waals surface area contributed by atoms with Crippen LogP contribution in [-0.2, 0) is 12.4 Å². The second-order valence-electron chi connectivity index (χ2n) is 5.98. The van der Waals surface area contributed by atoms with Crippen molar-refractivity contribution in [2.45, 2.75) is 37.2 Å². The molecule has 0 spiro atoms. The number of alkyl halides is 1. The molecule has 0 radical (unpaired) electrons. The predicted octanol–water partition coefficient (Wildman–Crippen LogP) is 4.00. The van der Waals surface area contributed by atoms with Gasteiger partial charge in [-0.05, 0) is 62.0 Å². The molecular formula is C15H18ClFIN3. The fraction of sp³-hybridized carbons (Fsp3) is 0.533. The van der Waals surface area contributed by atoms with Crippen molar-refractivity contribution in [3.8, 4) is 0 Å². The number of hydrogen-bond donors (Lipinski definition) is 0. The molecule has 21 heavy (non-hydrogen) atoms. The van der Waals surface area contributed by atoms with Gasteiger partial charge in [0.15, 0.2) is 0 Å². The third-order valence-corrected chi connectivity index (χ3v) is 5.74. The number of fused-ring (bicyclic) bond motifs is 1. The average molecular weight is 422 g/mol. The van der Waals surface area contributed by atoms with Crippen LogP contribution >= 0.6 is 34.2 Å². The number of hydrogen-bond acceptors (Lipinski definition) is 2. The molecule has 0 bridgehead atoms. The highest BCUT2D eigenvalue weighted by Crippen LogP contribution is 2.39. The first-order chi connectivity index (χ1) is 9.97. The van der Waals surface area contributed by atoms with Crippen molar-refractivity contribution in [3.63, 3.8) is 0 Å². The largest absolute Gasteiger partial charge is 0.325 e. The average Bonchev–Trinajstić information content (AvgIpc) is 2.71. The zero-order valence-electron chi connectivity index (χ0n) is 12.2. The van der Waals surface area contributed by atoms with Crippen molar-refractivity contribution in [2.75, 3.05) is 14.1 Å². The Hall–Kier alpha value is -0.400. The van der Waals surface area contributed by atoms with Gasteiger partial charge in [-0.25, -0.2) is 9.37 Å². The van der Waals surface area contributed by atoms with Crippen molar-refractivity contribution in [2.24, 2.45) is 0 Å².